The molecule has 0 aromatic heterocycles. The molecule has 1 saturated heterocycles. The molecule has 112 valence electrons. The lowest BCUT2D eigenvalue weighted by Gasteiger charge is -2.35. The first kappa shape index (κ1) is 15.1. The molecule has 2 atom stereocenters. The number of piperidine rings is 1. The van der Waals surface area contributed by atoms with Gasteiger partial charge in [-0.05, 0) is 38.4 Å². The molecule has 1 aliphatic rings. The Balaban J connectivity index is 2.35. The normalized spacial score (nSPS) is 20.8. The molecule has 1 fully saturated rings. The van der Waals surface area contributed by atoms with Gasteiger partial charge in [0, 0.05) is 30.4 Å². The largest absolute Gasteiger partial charge is 0.496 e. The number of benzene rings is 1. The average Bonchev–Trinajstić information content (AvgIpc) is 2.46. The van der Waals surface area contributed by atoms with E-state index in [2.05, 4.69) is 30.1 Å². The van der Waals surface area contributed by atoms with Crippen LogP contribution in [-0.4, -0.2) is 38.0 Å². The summed E-state index contributed by atoms with van der Waals surface area (Å²) in [6, 6.07) is 6.39. The number of aliphatic hydroxyl groups is 1. The van der Waals surface area contributed by atoms with Crippen LogP contribution in [0.1, 0.15) is 38.3 Å². The van der Waals surface area contributed by atoms with Crippen LogP contribution < -0.4 is 15.0 Å². The minimum absolute atomic E-state index is 0.225. The summed E-state index contributed by atoms with van der Waals surface area (Å²) in [7, 11) is 1.71. The lowest BCUT2D eigenvalue weighted by atomic mass is 10.0. The molecular formula is C16H26N2O2. The van der Waals surface area contributed by atoms with E-state index in [1.165, 1.54) is 11.3 Å². The van der Waals surface area contributed by atoms with Crippen LogP contribution >= 0.6 is 0 Å². The molecule has 0 radical (unpaired) electrons. The van der Waals surface area contributed by atoms with Crippen molar-refractivity contribution in [2.75, 3.05) is 31.6 Å². The highest BCUT2D eigenvalue weighted by molar-refractivity contribution is 5.61. The third kappa shape index (κ3) is 3.25. The second-order valence-electron chi connectivity index (χ2n) is 5.41. The molecule has 4 heteroatoms. The number of nitrogens with one attached hydrogen (secondary N) is 1. The maximum Gasteiger partial charge on any atom is 0.125 e. The van der Waals surface area contributed by atoms with Crippen LogP contribution in [0.15, 0.2) is 18.2 Å². The number of β-amino-alcohol motifs (C(OH)–C–C–N with tert-alkyl or cyclic N) is 1. The van der Waals surface area contributed by atoms with E-state index in [-0.39, 0.29) is 12.1 Å². The number of nitrogens with zero attached hydrogens (tertiary/aromatic N) is 1. The van der Waals surface area contributed by atoms with Crippen LogP contribution in [0.25, 0.3) is 0 Å². The molecule has 2 N–H and O–H groups in total. The highest BCUT2D eigenvalue weighted by atomic mass is 16.5. The lowest BCUT2D eigenvalue weighted by Crippen LogP contribution is -2.39. The van der Waals surface area contributed by atoms with Crippen molar-refractivity contribution < 1.29 is 9.84 Å². The fraction of sp³-hybridized carbons (Fsp3) is 0.625. The highest BCUT2D eigenvalue weighted by Crippen LogP contribution is 2.35. The van der Waals surface area contributed by atoms with Crippen LogP contribution in [0.5, 0.6) is 5.75 Å². The molecule has 20 heavy (non-hydrogen) atoms. The van der Waals surface area contributed by atoms with E-state index in [0.29, 0.717) is 6.54 Å². The van der Waals surface area contributed by atoms with Crippen LogP contribution in [0.2, 0.25) is 0 Å². The van der Waals surface area contributed by atoms with Gasteiger partial charge < -0.3 is 20.1 Å². The second-order valence-corrected chi connectivity index (χ2v) is 5.41. The van der Waals surface area contributed by atoms with Gasteiger partial charge in [0.1, 0.15) is 5.75 Å². The number of rotatable bonds is 5. The fourth-order valence-corrected chi connectivity index (χ4v) is 3.00. The van der Waals surface area contributed by atoms with Gasteiger partial charge in [0.05, 0.1) is 13.2 Å². The summed E-state index contributed by atoms with van der Waals surface area (Å²) in [6.07, 6.45) is 1.71. The standard InChI is InChI=1S/C16H26N2O2/c1-4-17-12(2)16-14(8-5-9-15(16)20-3)18-10-6-7-13(19)11-18/h5,8-9,12-13,17,19H,4,6-7,10-11H2,1-3H3. The predicted octanol–water partition coefficient (Wildman–Crippen LogP) is 2.33. The van der Waals surface area contributed by atoms with Gasteiger partial charge in [-0.25, -0.2) is 0 Å². The van der Waals surface area contributed by atoms with Gasteiger partial charge in [-0.15, -0.1) is 0 Å². The summed E-state index contributed by atoms with van der Waals surface area (Å²) in [6.45, 7) is 6.89. The Morgan fingerprint density at radius 1 is 1.50 bits per heavy atom. The molecule has 1 aliphatic heterocycles. The second kappa shape index (κ2) is 6.95. The zero-order valence-electron chi connectivity index (χ0n) is 12.7. The third-order valence-corrected chi connectivity index (χ3v) is 3.94. The van der Waals surface area contributed by atoms with E-state index >= 15 is 0 Å². The smallest absolute Gasteiger partial charge is 0.125 e. The summed E-state index contributed by atoms with van der Waals surface area (Å²) in [5.74, 6) is 0.913. The van der Waals surface area contributed by atoms with Gasteiger partial charge >= 0.3 is 0 Å². The maximum atomic E-state index is 9.91. The number of methoxy groups -OCH3 is 1. The lowest BCUT2D eigenvalue weighted by molar-refractivity contribution is 0.154. The number of hydrogen-bond donors (Lipinski definition) is 2. The Bertz CT molecular complexity index is 436. The van der Waals surface area contributed by atoms with Gasteiger partial charge in [0.25, 0.3) is 0 Å². The summed E-state index contributed by atoms with van der Waals surface area (Å²) in [5.41, 5.74) is 2.36. The molecule has 0 aliphatic carbocycles. The van der Waals surface area contributed by atoms with Crippen LogP contribution in [0.4, 0.5) is 5.69 Å². The van der Waals surface area contributed by atoms with E-state index in [9.17, 15) is 5.11 Å². The summed E-state index contributed by atoms with van der Waals surface area (Å²) in [5, 5.41) is 13.4. The molecular weight excluding hydrogens is 252 g/mol. The molecule has 0 saturated carbocycles. The van der Waals surface area contributed by atoms with Gasteiger partial charge in [-0.3, -0.25) is 0 Å². The quantitative estimate of drug-likeness (QED) is 0.867. The number of anilines is 1. The van der Waals surface area contributed by atoms with E-state index in [4.69, 9.17) is 4.74 Å². The first-order valence-electron chi connectivity index (χ1n) is 7.50. The molecule has 1 aromatic carbocycles. The molecule has 0 spiro atoms. The molecule has 2 unspecified atom stereocenters. The monoisotopic (exact) mass is 278 g/mol. The maximum absolute atomic E-state index is 9.91. The number of hydrogen-bond acceptors (Lipinski definition) is 4. The molecule has 1 aromatic rings. The molecule has 1 heterocycles. The van der Waals surface area contributed by atoms with Crippen LogP contribution in [0, 0.1) is 0 Å². The Hall–Kier alpha value is -1.26. The van der Waals surface area contributed by atoms with Crippen molar-refractivity contribution >= 4 is 5.69 Å². The summed E-state index contributed by atoms with van der Waals surface area (Å²) < 4.78 is 5.54. The SMILES string of the molecule is CCNC(C)c1c(OC)cccc1N1CCCC(O)C1. The van der Waals surface area contributed by atoms with Crippen molar-refractivity contribution in [2.24, 2.45) is 0 Å². The van der Waals surface area contributed by atoms with Crippen molar-refractivity contribution in [1.82, 2.24) is 5.32 Å². The van der Waals surface area contributed by atoms with E-state index in [0.717, 1.165) is 31.7 Å². The Morgan fingerprint density at radius 3 is 2.95 bits per heavy atom. The van der Waals surface area contributed by atoms with Crippen molar-refractivity contribution in [2.45, 2.75) is 38.8 Å². The molecule has 4 nitrogen and oxygen atoms in total. The van der Waals surface area contributed by atoms with E-state index in [1.807, 2.05) is 12.1 Å². The molecule has 0 amide bonds. The van der Waals surface area contributed by atoms with Gasteiger partial charge in [-0.1, -0.05) is 13.0 Å². The van der Waals surface area contributed by atoms with Crippen LogP contribution in [0.3, 0.4) is 0 Å². The molecule has 2 rings (SSSR count). The zero-order chi connectivity index (χ0) is 14.5. The van der Waals surface area contributed by atoms with Crippen molar-refractivity contribution in [3.63, 3.8) is 0 Å². The Kier molecular flexibility index (Phi) is 5.26. The Labute approximate surface area is 121 Å². The summed E-state index contributed by atoms with van der Waals surface area (Å²) >= 11 is 0. The van der Waals surface area contributed by atoms with Gasteiger partial charge in [0.15, 0.2) is 0 Å². The van der Waals surface area contributed by atoms with Crippen LogP contribution in [-0.2, 0) is 0 Å². The first-order chi connectivity index (χ1) is 9.67. The highest BCUT2D eigenvalue weighted by Gasteiger charge is 2.23. The fourth-order valence-electron chi connectivity index (χ4n) is 3.00. The topological polar surface area (TPSA) is 44.7 Å². The minimum Gasteiger partial charge on any atom is -0.496 e. The van der Waals surface area contributed by atoms with Gasteiger partial charge in [-0.2, -0.15) is 0 Å². The van der Waals surface area contributed by atoms with E-state index < -0.39 is 0 Å². The predicted molar refractivity (Wildman–Crippen MR) is 82.5 cm³/mol. The average molecular weight is 278 g/mol. The minimum atomic E-state index is -0.225. The van der Waals surface area contributed by atoms with E-state index in [1.54, 1.807) is 7.11 Å². The third-order valence-electron chi connectivity index (χ3n) is 3.94. The summed E-state index contributed by atoms with van der Waals surface area (Å²) in [4.78, 5) is 2.28. The zero-order valence-corrected chi connectivity index (χ0v) is 12.7. The Morgan fingerprint density at radius 2 is 2.30 bits per heavy atom. The number of aliphatic hydroxyl groups excluding tert-OH is 1. The molecule has 0 bridgehead atoms. The van der Waals surface area contributed by atoms with Crippen molar-refractivity contribution in [3.8, 4) is 5.75 Å². The van der Waals surface area contributed by atoms with Gasteiger partial charge in [0.2, 0.25) is 0 Å². The van der Waals surface area contributed by atoms with Crippen molar-refractivity contribution in [3.05, 3.63) is 23.8 Å². The van der Waals surface area contributed by atoms with Crippen molar-refractivity contribution in [1.29, 1.82) is 0 Å². The first-order valence-corrected chi connectivity index (χ1v) is 7.50. The number of ether oxygens (including phenoxy) is 1.